The van der Waals surface area contributed by atoms with Gasteiger partial charge in [0.05, 0.1) is 6.61 Å². The minimum Gasteiger partial charge on any atom is -0.384 e. The third-order valence-corrected chi connectivity index (χ3v) is 3.56. The molecule has 3 nitrogen and oxygen atoms in total. The number of Topliss-reactive ketones (excluding diaryl/α,β-unsaturated/α-hetero) is 1. The van der Waals surface area contributed by atoms with Crippen LogP contribution in [0.2, 0.25) is 0 Å². The Kier molecular flexibility index (Phi) is 4.37. The van der Waals surface area contributed by atoms with Crippen molar-refractivity contribution in [2.75, 3.05) is 31.7 Å². The van der Waals surface area contributed by atoms with Crippen LogP contribution in [0.3, 0.4) is 0 Å². The fourth-order valence-corrected chi connectivity index (χ4v) is 2.50. The van der Waals surface area contributed by atoms with Crippen LogP contribution in [-0.4, -0.2) is 32.6 Å². The minimum atomic E-state index is 0.209. The number of hydrogen-bond acceptors (Lipinski definition) is 3. The zero-order valence-corrected chi connectivity index (χ0v) is 11.2. The van der Waals surface area contributed by atoms with Gasteiger partial charge in [-0.3, -0.25) is 4.79 Å². The third-order valence-electron chi connectivity index (χ3n) is 3.56. The van der Waals surface area contributed by atoms with E-state index in [2.05, 4.69) is 17.0 Å². The second kappa shape index (κ2) is 6.01. The first-order valence-corrected chi connectivity index (χ1v) is 6.61. The maximum Gasteiger partial charge on any atom is 0.162 e. The van der Waals surface area contributed by atoms with E-state index in [1.54, 1.807) is 7.11 Å². The molecule has 2 rings (SSSR count). The van der Waals surface area contributed by atoms with Crippen molar-refractivity contribution in [2.45, 2.75) is 19.8 Å². The molecule has 0 spiro atoms. The molecule has 98 valence electrons. The Bertz CT molecular complexity index is 399. The Morgan fingerprint density at radius 3 is 2.72 bits per heavy atom. The zero-order chi connectivity index (χ0) is 13.0. The summed E-state index contributed by atoms with van der Waals surface area (Å²) < 4.78 is 5.20. The first-order chi connectivity index (χ1) is 8.74. The van der Waals surface area contributed by atoms with E-state index in [4.69, 9.17) is 4.74 Å². The van der Waals surface area contributed by atoms with Crippen LogP contribution in [0.25, 0.3) is 0 Å². The first-order valence-electron chi connectivity index (χ1n) is 6.61. The molecule has 1 aliphatic heterocycles. The fraction of sp³-hybridized carbons (Fsp3) is 0.533. The summed E-state index contributed by atoms with van der Waals surface area (Å²) in [6.07, 6.45) is 1.75. The summed E-state index contributed by atoms with van der Waals surface area (Å²) in [5, 5.41) is 0. The maximum atomic E-state index is 11.6. The Balaban J connectivity index is 2.00. The lowest BCUT2D eigenvalue weighted by molar-refractivity contribution is 0.0988. The standard InChI is InChI=1S/C15H21NO2/c1-3-15(17)13-4-6-14(7-5-13)16-9-8-12(10-16)11-18-2/h4-7,12H,3,8-11H2,1-2H3. The zero-order valence-electron chi connectivity index (χ0n) is 11.2. The normalized spacial score (nSPS) is 19.2. The quantitative estimate of drug-likeness (QED) is 0.749. The van der Waals surface area contributed by atoms with E-state index in [1.165, 1.54) is 12.1 Å². The van der Waals surface area contributed by atoms with Crippen LogP contribution in [0.4, 0.5) is 5.69 Å². The Labute approximate surface area is 109 Å². The molecule has 0 aliphatic carbocycles. The molecule has 0 bridgehead atoms. The summed E-state index contributed by atoms with van der Waals surface area (Å²) in [7, 11) is 1.76. The van der Waals surface area contributed by atoms with Gasteiger partial charge in [-0.15, -0.1) is 0 Å². The summed E-state index contributed by atoms with van der Waals surface area (Å²) in [5.41, 5.74) is 2.02. The smallest absolute Gasteiger partial charge is 0.162 e. The first kappa shape index (κ1) is 13.1. The van der Waals surface area contributed by atoms with Gasteiger partial charge in [0.1, 0.15) is 0 Å². The SMILES string of the molecule is CCC(=O)c1ccc(N2CCC(COC)C2)cc1. The Morgan fingerprint density at radius 1 is 1.39 bits per heavy atom. The van der Waals surface area contributed by atoms with Gasteiger partial charge < -0.3 is 9.64 Å². The van der Waals surface area contributed by atoms with Crippen molar-refractivity contribution in [1.29, 1.82) is 0 Å². The molecule has 1 saturated heterocycles. The molecule has 0 amide bonds. The predicted octanol–water partition coefficient (Wildman–Crippen LogP) is 2.75. The molecule has 1 aromatic rings. The summed E-state index contributed by atoms with van der Waals surface area (Å²) >= 11 is 0. The van der Waals surface area contributed by atoms with Crippen molar-refractivity contribution < 1.29 is 9.53 Å². The highest BCUT2D eigenvalue weighted by molar-refractivity contribution is 5.96. The van der Waals surface area contributed by atoms with Crippen LogP contribution in [0.15, 0.2) is 24.3 Å². The molecule has 1 aliphatic rings. The lowest BCUT2D eigenvalue weighted by atomic mass is 10.1. The molecule has 3 heteroatoms. The van der Waals surface area contributed by atoms with E-state index in [-0.39, 0.29) is 5.78 Å². The minimum absolute atomic E-state index is 0.209. The van der Waals surface area contributed by atoms with Crippen molar-refractivity contribution >= 4 is 11.5 Å². The molecule has 18 heavy (non-hydrogen) atoms. The predicted molar refractivity (Wildman–Crippen MR) is 73.3 cm³/mol. The molecule has 1 fully saturated rings. The number of carbonyl (C=O) groups is 1. The molecule has 1 heterocycles. The van der Waals surface area contributed by atoms with E-state index in [0.29, 0.717) is 12.3 Å². The van der Waals surface area contributed by atoms with Gasteiger partial charge in [0, 0.05) is 43.8 Å². The number of ketones is 1. The number of rotatable bonds is 5. The molecule has 1 unspecified atom stereocenters. The average Bonchev–Trinajstić information content (AvgIpc) is 2.87. The van der Waals surface area contributed by atoms with Gasteiger partial charge in [0.25, 0.3) is 0 Å². The molecular formula is C15H21NO2. The fourth-order valence-electron chi connectivity index (χ4n) is 2.50. The molecule has 0 saturated carbocycles. The van der Waals surface area contributed by atoms with E-state index in [0.717, 1.165) is 25.3 Å². The van der Waals surface area contributed by atoms with Gasteiger partial charge in [0.15, 0.2) is 5.78 Å². The largest absolute Gasteiger partial charge is 0.384 e. The highest BCUT2D eigenvalue weighted by Gasteiger charge is 2.22. The molecule has 1 atom stereocenters. The van der Waals surface area contributed by atoms with Crippen LogP contribution in [0.5, 0.6) is 0 Å². The van der Waals surface area contributed by atoms with Gasteiger partial charge in [-0.1, -0.05) is 6.92 Å². The summed E-state index contributed by atoms with van der Waals surface area (Å²) in [5.74, 6) is 0.840. The number of hydrogen-bond donors (Lipinski definition) is 0. The summed E-state index contributed by atoms with van der Waals surface area (Å²) in [6, 6.07) is 7.98. The van der Waals surface area contributed by atoms with Gasteiger partial charge in [-0.05, 0) is 30.7 Å². The Hall–Kier alpha value is -1.35. The highest BCUT2D eigenvalue weighted by atomic mass is 16.5. The van der Waals surface area contributed by atoms with Crippen LogP contribution in [0, 0.1) is 5.92 Å². The summed E-state index contributed by atoms with van der Waals surface area (Å²) in [4.78, 5) is 13.9. The van der Waals surface area contributed by atoms with Crippen molar-refractivity contribution in [3.05, 3.63) is 29.8 Å². The summed E-state index contributed by atoms with van der Waals surface area (Å²) in [6.45, 7) is 4.86. The number of anilines is 1. The van der Waals surface area contributed by atoms with Gasteiger partial charge in [-0.2, -0.15) is 0 Å². The van der Waals surface area contributed by atoms with Crippen molar-refractivity contribution in [3.63, 3.8) is 0 Å². The topological polar surface area (TPSA) is 29.5 Å². The van der Waals surface area contributed by atoms with Crippen LogP contribution >= 0.6 is 0 Å². The molecule has 0 aromatic heterocycles. The third kappa shape index (κ3) is 2.91. The van der Waals surface area contributed by atoms with E-state index in [9.17, 15) is 4.79 Å². The molecule has 0 radical (unpaired) electrons. The number of nitrogens with zero attached hydrogens (tertiary/aromatic N) is 1. The van der Waals surface area contributed by atoms with Gasteiger partial charge >= 0.3 is 0 Å². The van der Waals surface area contributed by atoms with Crippen molar-refractivity contribution in [1.82, 2.24) is 0 Å². The number of methoxy groups -OCH3 is 1. The molecule has 0 N–H and O–H groups in total. The van der Waals surface area contributed by atoms with E-state index in [1.807, 2.05) is 19.1 Å². The lowest BCUT2D eigenvalue weighted by Crippen LogP contribution is -2.20. The number of benzene rings is 1. The molecule has 1 aromatic carbocycles. The van der Waals surface area contributed by atoms with E-state index >= 15 is 0 Å². The second-order valence-electron chi connectivity index (χ2n) is 4.88. The lowest BCUT2D eigenvalue weighted by Gasteiger charge is -2.18. The maximum absolute atomic E-state index is 11.6. The van der Waals surface area contributed by atoms with Crippen LogP contribution in [0.1, 0.15) is 30.1 Å². The second-order valence-corrected chi connectivity index (χ2v) is 4.88. The number of ether oxygens (including phenoxy) is 1. The van der Waals surface area contributed by atoms with E-state index < -0.39 is 0 Å². The average molecular weight is 247 g/mol. The molecular weight excluding hydrogens is 226 g/mol. The van der Waals surface area contributed by atoms with Crippen molar-refractivity contribution in [2.24, 2.45) is 5.92 Å². The highest BCUT2D eigenvalue weighted by Crippen LogP contribution is 2.24. The van der Waals surface area contributed by atoms with Crippen LogP contribution < -0.4 is 4.90 Å². The van der Waals surface area contributed by atoms with Crippen molar-refractivity contribution in [3.8, 4) is 0 Å². The number of carbonyl (C=O) groups excluding carboxylic acids is 1. The van der Waals surface area contributed by atoms with Gasteiger partial charge in [-0.25, -0.2) is 0 Å². The Morgan fingerprint density at radius 2 is 2.11 bits per heavy atom. The van der Waals surface area contributed by atoms with Gasteiger partial charge in [0.2, 0.25) is 0 Å². The monoisotopic (exact) mass is 247 g/mol. The van der Waals surface area contributed by atoms with Crippen LogP contribution in [-0.2, 0) is 4.74 Å².